The van der Waals surface area contributed by atoms with Crippen LogP contribution >= 0.6 is 0 Å². The summed E-state index contributed by atoms with van der Waals surface area (Å²) in [7, 11) is 1.66. The second kappa shape index (κ2) is 8.64. The van der Waals surface area contributed by atoms with Gasteiger partial charge in [-0.2, -0.15) is 0 Å². The van der Waals surface area contributed by atoms with Crippen molar-refractivity contribution in [1.82, 2.24) is 14.7 Å². The molecule has 0 spiro atoms. The van der Waals surface area contributed by atoms with Crippen LogP contribution in [-0.2, 0) is 9.53 Å². The number of hydrogen-bond acceptors (Lipinski definition) is 4. The van der Waals surface area contributed by atoms with Gasteiger partial charge >= 0.3 is 0 Å². The number of amides is 2. The first-order chi connectivity index (χ1) is 12.6. The molecule has 2 saturated heterocycles. The summed E-state index contributed by atoms with van der Waals surface area (Å²) in [6, 6.07) is 7.70. The summed E-state index contributed by atoms with van der Waals surface area (Å²) in [5, 5.41) is 0. The Morgan fingerprint density at radius 3 is 2.73 bits per heavy atom. The molecule has 1 aromatic rings. The second-order valence-corrected chi connectivity index (χ2v) is 7.12. The van der Waals surface area contributed by atoms with Crippen molar-refractivity contribution in [3.8, 4) is 0 Å². The van der Waals surface area contributed by atoms with Crippen molar-refractivity contribution in [2.24, 2.45) is 0 Å². The van der Waals surface area contributed by atoms with Crippen LogP contribution in [0, 0.1) is 6.92 Å². The number of aryl methyl sites for hydroxylation is 1. The van der Waals surface area contributed by atoms with Crippen molar-refractivity contribution in [1.29, 1.82) is 0 Å². The number of rotatable bonds is 5. The van der Waals surface area contributed by atoms with E-state index >= 15 is 0 Å². The molecule has 6 nitrogen and oxygen atoms in total. The lowest BCUT2D eigenvalue weighted by Crippen LogP contribution is -2.44. The molecule has 2 fully saturated rings. The number of methoxy groups -OCH3 is 1. The number of carbonyl (C=O) groups is 2. The molecule has 2 aliphatic heterocycles. The normalized spacial score (nSPS) is 21.9. The van der Waals surface area contributed by atoms with Gasteiger partial charge in [-0.15, -0.1) is 0 Å². The van der Waals surface area contributed by atoms with Gasteiger partial charge in [-0.1, -0.05) is 18.2 Å². The van der Waals surface area contributed by atoms with Gasteiger partial charge in [0.25, 0.3) is 5.91 Å². The molecule has 142 valence electrons. The average molecular weight is 359 g/mol. The van der Waals surface area contributed by atoms with E-state index in [1.807, 2.05) is 41.0 Å². The van der Waals surface area contributed by atoms with Gasteiger partial charge in [0.15, 0.2) is 0 Å². The molecule has 0 saturated carbocycles. The van der Waals surface area contributed by atoms with E-state index in [2.05, 4.69) is 4.90 Å². The summed E-state index contributed by atoms with van der Waals surface area (Å²) >= 11 is 0. The molecule has 26 heavy (non-hydrogen) atoms. The first-order valence-corrected chi connectivity index (χ1v) is 9.48. The Labute approximate surface area is 155 Å². The predicted molar refractivity (Wildman–Crippen MR) is 100 cm³/mol. The zero-order valence-corrected chi connectivity index (χ0v) is 15.8. The van der Waals surface area contributed by atoms with Crippen LogP contribution in [0.5, 0.6) is 0 Å². The summed E-state index contributed by atoms with van der Waals surface area (Å²) in [6.45, 7) is 7.07. The molecule has 1 atom stereocenters. The van der Waals surface area contributed by atoms with E-state index < -0.39 is 0 Å². The lowest BCUT2D eigenvalue weighted by Gasteiger charge is -2.26. The number of likely N-dealkylation sites (tertiary alicyclic amines) is 1. The Kier molecular flexibility index (Phi) is 6.27. The van der Waals surface area contributed by atoms with E-state index in [9.17, 15) is 9.59 Å². The Morgan fingerprint density at radius 2 is 1.96 bits per heavy atom. The number of benzene rings is 1. The standard InChI is InChI=1S/C20H29N3O3/c1-16-6-3-4-7-17(16)19(24)22-10-5-9-21(12-13-22)18-8-11-23(20(18)25)14-15-26-2/h3-4,6-7,18H,5,8-15H2,1-2H3. The molecule has 1 unspecified atom stereocenters. The van der Waals surface area contributed by atoms with Crippen molar-refractivity contribution in [3.05, 3.63) is 35.4 Å². The van der Waals surface area contributed by atoms with E-state index in [0.717, 1.165) is 50.1 Å². The molecule has 0 bridgehead atoms. The summed E-state index contributed by atoms with van der Waals surface area (Å²) in [4.78, 5) is 31.6. The maximum absolute atomic E-state index is 12.9. The maximum Gasteiger partial charge on any atom is 0.254 e. The maximum atomic E-state index is 12.9. The van der Waals surface area contributed by atoms with Crippen LogP contribution in [0.4, 0.5) is 0 Å². The summed E-state index contributed by atoms with van der Waals surface area (Å²) < 4.78 is 5.09. The summed E-state index contributed by atoms with van der Waals surface area (Å²) in [6.07, 6.45) is 1.77. The van der Waals surface area contributed by atoms with Gasteiger partial charge in [-0.05, 0) is 31.4 Å². The molecular weight excluding hydrogens is 330 g/mol. The van der Waals surface area contributed by atoms with Crippen molar-refractivity contribution in [3.63, 3.8) is 0 Å². The van der Waals surface area contributed by atoms with Crippen LogP contribution in [0.2, 0.25) is 0 Å². The van der Waals surface area contributed by atoms with Gasteiger partial charge < -0.3 is 14.5 Å². The third kappa shape index (κ3) is 4.07. The molecule has 0 radical (unpaired) electrons. The highest BCUT2D eigenvalue weighted by atomic mass is 16.5. The molecule has 0 N–H and O–H groups in total. The Morgan fingerprint density at radius 1 is 1.15 bits per heavy atom. The van der Waals surface area contributed by atoms with Crippen LogP contribution in [0.3, 0.4) is 0 Å². The number of nitrogens with zero attached hydrogens (tertiary/aromatic N) is 3. The number of carbonyl (C=O) groups excluding carboxylic acids is 2. The Hall–Kier alpha value is -1.92. The van der Waals surface area contributed by atoms with Crippen LogP contribution in [-0.4, -0.2) is 85.5 Å². The number of hydrogen-bond donors (Lipinski definition) is 0. The molecule has 2 heterocycles. The van der Waals surface area contributed by atoms with E-state index in [1.54, 1.807) is 7.11 Å². The lowest BCUT2D eigenvalue weighted by molar-refractivity contribution is -0.132. The first-order valence-electron chi connectivity index (χ1n) is 9.48. The van der Waals surface area contributed by atoms with Gasteiger partial charge in [-0.3, -0.25) is 14.5 Å². The highest BCUT2D eigenvalue weighted by Gasteiger charge is 2.36. The number of ether oxygens (including phenoxy) is 1. The highest BCUT2D eigenvalue weighted by Crippen LogP contribution is 2.20. The topological polar surface area (TPSA) is 53.1 Å². The second-order valence-electron chi connectivity index (χ2n) is 7.12. The minimum atomic E-state index is -0.0413. The van der Waals surface area contributed by atoms with E-state index in [0.29, 0.717) is 19.7 Å². The van der Waals surface area contributed by atoms with E-state index in [4.69, 9.17) is 4.74 Å². The SMILES string of the molecule is COCCN1CCC(N2CCCN(C(=O)c3ccccc3C)CC2)C1=O. The fraction of sp³-hybridized carbons (Fsp3) is 0.600. The van der Waals surface area contributed by atoms with Gasteiger partial charge in [0.1, 0.15) is 0 Å². The van der Waals surface area contributed by atoms with Crippen molar-refractivity contribution >= 4 is 11.8 Å². The fourth-order valence-corrected chi connectivity index (χ4v) is 3.92. The van der Waals surface area contributed by atoms with E-state index in [1.165, 1.54) is 0 Å². The van der Waals surface area contributed by atoms with E-state index in [-0.39, 0.29) is 17.9 Å². The lowest BCUT2D eigenvalue weighted by atomic mass is 10.1. The predicted octanol–water partition coefficient (Wildman–Crippen LogP) is 1.39. The Bertz CT molecular complexity index is 649. The molecule has 6 heteroatoms. The molecular formula is C20H29N3O3. The van der Waals surface area contributed by atoms with Gasteiger partial charge in [-0.25, -0.2) is 0 Å². The first kappa shape index (κ1) is 18.9. The molecule has 0 aromatic heterocycles. The minimum Gasteiger partial charge on any atom is -0.383 e. The van der Waals surface area contributed by atoms with Crippen LogP contribution in [0.15, 0.2) is 24.3 Å². The van der Waals surface area contributed by atoms with Gasteiger partial charge in [0.05, 0.1) is 12.6 Å². The molecule has 2 aliphatic rings. The molecule has 2 amide bonds. The van der Waals surface area contributed by atoms with Crippen molar-refractivity contribution < 1.29 is 14.3 Å². The van der Waals surface area contributed by atoms with Crippen molar-refractivity contribution in [2.75, 3.05) is 53.0 Å². The zero-order valence-electron chi connectivity index (χ0n) is 15.8. The highest BCUT2D eigenvalue weighted by molar-refractivity contribution is 5.95. The van der Waals surface area contributed by atoms with Crippen LogP contribution in [0.25, 0.3) is 0 Å². The Balaban J connectivity index is 1.59. The summed E-state index contributed by atoms with van der Waals surface area (Å²) in [5.74, 6) is 0.310. The monoisotopic (exact) mass is 359 g/mol. The third-order valence-electron chi connectivity index (χ3n) is 5.47. The van der Waals surface area contributed by atoms with Crippen LogP contribution < -0.4 is 0 Å². The third-order valence-corrected chi connectivity index (χ3v) is 5.47. The quantitative estimate of drug-likeness (QED) is 0.797. The van der Waals surface area contributed by atoms with Crippen molar-refractivity contribution in [2.45, 2.75) is 25.8 Å². The minimum absolute atomic E-state index is 0.0413. The van der Waals surface area contributed by atoms with Gasteiger partial charge in [0.2, 0.25) is 5.91 Å². The largest absolute Gasteiger partial charge is 0.383 e. The summed E-state index contributed by atoms with van der Waals surface area (Å²) in [5.41, 5.74) is 1.79. The molecule has 0 aliphatic carbocycles. The smallest absolute Gasteiger partial charge is 0.254 e. The molecule has 3 rings (SSSR count). The molecule has 1 aromatic carbocycles. The fourth-order valence-electron chi connectivity index (χ4n) is 3.92. The zero-order chi connectivity index (χ0) is 18.5. The van der Waals surface area contributed by atoms with Gasteiger partial charge in [0, 0.05) is 51.9 Å². The average Bonchev–Trinajstić information content (AvgIpc) is 2.85. The van der Waals surface area contributed by atoms with Crippen LogP contribution in [0.1, 0.15) is 28.8 Å².